The number of aliphatic hydroxyl groups is 2. The molecule has 0 aromatic heterocycles. The molecule has 108 valence electrons. The number of rotatable bonds is 3. The Balaban J connectivity index is 2.09. The third kappa shape index (κ3) is 2.69. The van der Waals surface area contributed by atoms with Gasteiger partial charge < -0.3 is 30.5 Å². The van der Waals surface area contributed by atoms with E-state index in [1.165, 1.54) is 12.1 Å². The molecule has 7 heteroatoms. The SMILES string of the molecule is [CH][C@@H]1O[C@H](CO)[C@H](O)C1NC(=O)c1ccc(O)c(O)c1. The molecular weight excluding hydrogens is 266 g/mol. The number of carbonyl (C=O) groups excluding carboxylic acids is 1. The molecule has 1 unspecified atom stereocenters. The Labute approximate surface area is 115 Å². The number of phenols is 2. The van der Waals surface area contributed by atoms with Crippen molar-refractivity contribution in [2.24, 2.45) is 0 Å². The number of nitrogens with one attached hydrogen (secondary N) is 1. The highest BCUT2D eigenvalue weighted by Crippen LogP contribution is 2.25. The Bertz CT molecular complexity index is 506. The van der Waals surface area contributed by atoms with Crippen molar-refractivity contribution >= 4 is 5.91 Å². The van der Waals surface area contributed by atoms with Crippen molar-refractivity contribution in [1.82, 2.24) is 5.32 Å². The van der Waals surface area contributed by atoms with Crippen molar-refractivity contribution in [3.8, 4) is 11.5 Å². The fraction of sp³-hybridized carbons (Fsp3) is 0.385. The third-order valence-corrected chi connectivity index (χ3v) is 3.15. The molecule has 0 aliphatic carbocycles. The normalized spacial score (nSPS) is 29.4. The summed E-state index contributed by atoms with van der Waals surface area (Å²) in [6.45, 7) is 5.20. The van der Waals surface area contributed by atoms with Crippen LogP contribution in [0.15, 0.2) is 18.2 Å². The van der Waals surface area contributed by atoms with Crippen molar-refractivity contribution in [1.29, 1.82) is 0 Å². The van der Waals surface area contributed by atoms with E-state index in [1.54, 1.807) is 0 Å². The summed E-state index contributed by atoms with van der Waals surface area (Å²) in [4.78, 5) is 12.0. The Morgan fingerprint density at radius 2 is 2.05 bits per heavy atom. The van der Waals surface area contributed by atoms with Gasteiger partial charge in [0.15, 0.2) is 11.5 Å². The lowest BCUT2D eigenvalue weighted by Gasteiger charge is -2.19. The predicted molar refractivity (Wildman–Crippen MR) is 67.1 cm³/mol. The standard InChI is InChI=1S/C13H15NO6/c1-6-11(12(18)10(5-15)20-6)14-13(19)7-2-3-8(16)9(17)4-7/h1-4,6,10-12,15-18H,5H2,(H,14,19)/t6-,10+,11?,12-/m0/s1. The lowest BCUT2D eigenvalue weighted by Crippen LogP contribution is -2.47. The molecule has 0 bridgehead atoms. The molecule has 2 radical (unpaired) electrons. The maximum Gasteiger partial charge on any atom is 0.251 e. The number of aliphatic hydroxyl groups excluding tert-OH is 2. The van der Waals surface area contributed by atoms with Crippen molar-refractivity contribution in [3.63, 3.8) is 0 Å². The molecule has 4 atom stereocenters. The largest absolute Gasteiger partial charge is 0.504 e. The minimum Gasteiger partial charge on any atom is -0.504 e. The van der Waals surface area contributed by atoms with E-state index >= 15 is 0 Å². The van der Waals surface area contributed by atoms with Gasteiger partial charge in [-0.2, -0.15) is 0 Å². The zero-order chi connectivity index (χ0) is 14.9. The van der Waals surface area contributed by atoms with Crippen LogP contribution in [0, 0.1) is 6.92 Å². The maximum atomic E-state index is 12.0. The van der Waals surface area contributed by atoms with E-state index in [4.69, 9.17) is 16.8 Å². The average molecular weight is 281 g/mol. The van der Waals surface area contributed by atoms with Crippen LogP contribution in [0.5, 0.6) is 11.5 Å². The molecule has 1 amide bonds. The van der Waals surface area contributed by atoms with Gasteiger partial charge in [-0.1, -0.05) is 0 Å². The topological polar surface area (TPSA) is 119 Å². The second kappa shape index (κ2) is 5.66. The van der Waals surface area contributed by atoms with Gasteiger partial charge >= 0.3 is 0 Å². The summed E-state index contributed by atoms with van der Waals surface area (Å²) in [5.74, 6) is -1.37. The summed E-state index contributed by atoms with van der Waals surface area (Å²) in [7, 11) is 0. The minimum absolute atomic E-state index is 0.0900. The van der Waals surface area contributed by atoms with Crippen molar-refractivity contribution in [2.75, 3.05) is 6.61 Å². The molecule has 1 aromatic rings. The Hall–Kier alpha value is -1.83. The molecule has 0 saturated carbocycles. The first-order valence-electron chi connectivity index (χ1n) is 5.97. The van der Waals surface area contributed by atoms with Gasteiger partial charge in [-0.3, -0.25) is 4.79 Å². The van der Waals surface area contributed by atoms with Gasteiger partial charge in [0, 0.05) is 5.56 Å². The second-order valence-corrected chi connectivity index (χ2v) is 4.52. The van der Waals surface area contributed by atoms with Crippen LogP contribution in [0.1, 0.15) is 10.4 Å². The molecule has 20 heavy (non-hydrogen) atoms. The third-order valence-electron chi connectivity index (χ3n) is 3.15. The van der Waals surface area contributed by atoms with E-state index in [0.717, 1.165) is 6.07 Å². The lowest BCUT2D eigenvalue weighted by molar-refractivity contribution is -0.0114. The summed E-state index contributed by atoms with van der Waals surface area (Å²) in [6, 6.07) is 2.68. The summed E-state index contributed by atoms with van der Waals surface area (Å²) in [5.41, 5.74) is 0.0900. The molecule has 0 spiro atoms. The van der Waals surface area contributed by atoms with Crippen LogP contribution < -0.4 is 5.32 Å². The van der Waals surface area contributed by atoms with Crippen LogP contribution in [-0.4, -0.2) is 57.3 Å². The number of hydrogen-bond donors (Lipinski definition) is 5. The van der Waals surface area contributed by atoms with Gasteiger partial charge in [0.1, 0.15) is 12.2 Å². The predicted octanol–water partition coefficient (Wildman–Crippen LogP) is -0.972. The maximum absolute atomic E-state index is 12.0. The van der Waals surface area contributed by atoms with E-state index in [2.05, 4.69) is 5.32 Å². The van der Waals surface area contributed by atoms with Crippen molar-refractivity contribution in [2.45, 2.75) is 24.4 Å². The van der Waals surface area contributed by atoms with Crippen LogP contribution >= 0.6 is 0 Å². The number of amides is 1. The smallest absolute Gasteiger partial charge is 0.251 e. The first kappa shape index (κ1) is 14.6. The summed E-state index contributed by atoms with van der Waals surface area (Å²) in [6.07, 6.45) is -2.94. The van der Waals surface area contributed by atoms with Gasteiger partial charge in [0.2, 0.25) is 0 Å². The molecule has 7 nitrogen and oxygen atoms in total. The number of benzene rings is 1. The molecule has 1 saturated heterocycles. The molecule has 1 aliphatic rings. The number of ether oxygens (including phenoxy) is 1. The summed E-state index contributed by atoms with van der Waals surface area (Å²) in [5, 5.41) is 39.8. The lowest BCUT2D eigenvalue weighted by atomic mass is 10.0. The van der Waals surface area contributed by atoms with Gasteiger partial charge in [0.25, 0.3) is 5.91 Å². The quantitative estimate of drug-likeness (QED) is 0.455. The Kier molecular flexibility index (Phi) is 4.12. The second-order valence-electron chi connectivity index (χ2n) is 4.52. The first-order valence-corrected chi connectivity index (χ1v) is 5.97. The molecule has 1 heterocycles. The monoisotopic (exact) mass is 281 g/mol. The van der Waals surface area contributed by atoms with E-state index in [0.29, 0.717) is 0 Å². The van der Waals surface area contributed by atoms with Gasteiger partial charge in [-0.05, 0) is 25.1 Å². The molecule has 2 rings (SSSR count). The van der Waals surface area contributed by atoms with Crippen molar-refractivity contribution in [3.05, 3.63) is 30.7 Å². The molecular formula is C13H15NO6. The highest BCUT2D eigenvalue weighted by molar-refractivity contribution is 5.95. The van der Waals surface area contributed by atoms with Gasteiger partial charge in [0.05, 0.1) is 18.8 Å². The van der Waals surface area contributed by atoms with Crippen LogP contribution in [0.3, 0.4) is 0 Å². The fourth-order valence-electron chi connectivity index (χ4n) is 2.01. The summed E-state index contributed by atoms with van der Waals surface area (Å²) >= 11 is 0. The van der Waals surface area contributed by atoms with E-state index < -0.39 is 42.6 Å². The average Bonchev–Trinajstić information content (AvgIpc) is 2.69. The fourth-order valence-corrected chi connectivity index (χ4v) is 2.01. The molecule has 5 N–H and O–H groups in total. The highest BCUT2D eigenvalue weighted by atomic mass is 16.5. The van der Waals surface area contributed by atoms with E-state index in [9.17, 15) is 20.1 Å². The minimum atomic E-state index is -1.13. The Morgan fingerprint density at radius 3 is 2.60 bits per heavy atom. The first-order chi connectivity index (χ1) is 9.43. The van der Waals surface area contributed by atoms with Crippen LogP contribution in [0.2, 0.25) is 0 Å². The van der Waals surface area contributed by atoms with E-state index in [-0.39, 0.29) is 11.3 Å². The van der Waals surface area contributed by atoms with Gasteiger partial charge in [-0.25, -0.2) is 0 Å². The summed E-state index contributed by atoms with van der Waals surface area (Å²) < 4.78 is 5.09. The molecule has 1 fully saturated rings. The van der Waals surface area contributed by atoms with E-state index in [1.807, 2.05) is 0 Å². The molecule has 1 aromatic carbocycles. The number of carbonyl (C=O) groups is 1. The number of aromatic hydroxyl groups is 2. The number of hydrogen-bond acceptors (Lipinski definition) is 6. The molecule has 1 aliphatic heterocycles. The van der Waals surface area contributed by atoms with Crippen LogP contribution in [0.25, 0.3) is 0 Å². The van der Waals surface area contributed by atoms with Crippen LogP contribution in [-0.2, 0) is 4.74 Å². The number of phenolic OH excluding ortho intramolecular Hbond substituents is 2. The Morgan fingerprint density at radius 1 is 1.35 bits per heavy atom. The van der Waals surface area contributed by atoms with Crippen molar-refractivity contribution < 1.29 is 30.0 Å². The zero-order valence-corrected chi connectivity index (χ0v) is 10.4. The van der Waals surface area contributed by atoms with Crippen LogP contribution in [0.4, 0.5) is 0 Å². The van der Waals surface area contributed by atoms with Gasteiger partial charge in [-0.15, -0.1) is 0 Å². The highest BCUT2D eigenvalue weighted by Gasteiger charge is 2.41. The zero-order valence-electron chi connectivity index (χ0n) is 10.4.